The standard InChI is InChI=1S/C28H32N4O/c1-18-14-26-25(19(2)16-28(5,6)31(26)7)15-23(18)17-29-30-27(33)22-10-12-24(13-11-22)32-20(3)8-9-21(32)4/h8-17H,1-7H3,(H,30,33)/b29-17-. The summed E-state index contributed by atoms with van der Waals surface area (Å²) in [5.41, 5.74) is 12.3. The van der Waals surface area contributed by atoms with Crippen LogP contribution in [-0.4, -0.2) is 29.3 Å². The van der Waals surface area contributed by atoms with Gasteiger partial charge >= 0.3 is 0 Å². The normalized spacial score (nSPS) is 14.9. The maximum Gasteiger partial charge on any atom is 0.271 e. The number of benzene rings is 2. The van der Waals surface area contributed by atoms with Crippen LogP contribution in [0.4, 0.5) is 5.69 Å². The van der Waals surface area contributed by atoms with Crippen LogP contribution in [0.5, 0.6) is 0 Å². The lowest BCUT2D eigenvalue weighted by atomic mass is 9.87. The zero-order valence-corrected chi connectivity index (χ0v) is 20.5. The van der Waals surface area contributed by atoms with Crippen molar-refractivity contribution in [3.8, 4) is 5.69 Å². The quantitative estimate of drug-likeness (QED) is 0.412. The average Bonchev–Trinajstić information content (AvgIpc) is 3.10. The number of nitrogens with one attached hydrogen (secondary N) is 1. The van der Waals surface area contributed by atoms with Crippen LogP contribution in [0.25, 0.3) is 11.3 Å². The molecule has 5 nitrogen and oxygen atoms in total. The van der Waals surface area contributed by atoms with Crippen molar-refractivity contribution in [2.45, 2.75) is 47.1 Å². The Hall–Kier alpha value is -3.60. The molecule has 0 aliphatic carbocycles. The lowest BCUT2D eigenvalue weighted by Gasteiger charge is -2.41. The summed E-state index contributed by atoms with van der Waals surface area (Å²) < 4.78 is 2.16. The van der Waals surface area contributed by atoms with E-state index in [0.29, 0.717) is 5.56 Å². The third kappa shape index (κ3) is 4.23. The summed E-state index contributed by atoms with van der Waals surface area (Å²) in [6, 6.07) is 16.1. The maximum atomic E-state index is 12.6. The van der Waals surface area contributed by atoms with E-state index in [-0.39, 0.29) is 11.4 Å². The Kier molecular flexibility index (Phi) is 5.75. The van der Waals surface area contributed by atoms with Crippen LogP contribution < -0.4 is 10.3 Å². The number of hydrogen-bond donors (Lipinski definition) is 1. The maximum absolute atomic E-state index is 12.6. The van der Waals surface area contributed by atoms with Gasteiger partial charge in [-0.2, -0.15) is 5.10 Å². The molecule has 3 aromatic rings. The minimum absolute atomic E-state index is 0.0264. The van der Waals surface area contributed by atoms with E-state index in [1.54, 1.807) is 6.21 Å². The first-order chi connectivity index (χ1) is 15.6. The molecule has 2 heterocycles. The van der Waals surface area contributed by atoms with Crippen LogP contribution in [0.3, 0.4) is 0 Å². The molecule has 0 saturated carbocycles. The molecule has 0 atom stereocenters. The second-order valence-electron chi connectivity index (χ2n) is 9.46. The van der Waals surface area contributed by atoms with Crippen molar-refractivity contribution in [2.24, 2.45) is 5.10 Å². The van der Waals surface area contributed by atoms with Crippen molar-refractivity contribution in [1.82, 2.24) is 9.99 Å². The zero-order chi connectivity index (χ0) is 23.9. The fourth-order valence-electron chi connectivity index (χ4n) is 4.52. The van der Waals surface area contributed by atoms with Gasteiger partial charge in [-0.15, -0.1) is 0 Å². The number of carbonyl (C=O) groups is 1. The van der Waals surface area contributed by atoms with Crippen molar-refractivity contribution in [3.05, 3.63) is 88.2 Å². The second kappa shape index (κ2) is 8.39. The van der Waals surface area contributed by atoms with Crippen LogP contribution in [0, 0.1) is 20.8 Å². The van der Waals surface area contributed by atoms with Crippen LogP contribution in [0.15, 0.2) is 59.7 Å². The Morgan fingerprint density at radius 2 is 1.61 bits per heavy atom. The SMILES string of the molecule is CC1=CC(C)(C)N(C)c2cc(C)c(/C=N\NC(=O)c3ccc(-n4c(C)ccc4C)cc3)cc21. The Balaban J connectivity index is 1.50. The fourth-order valence-corrected chi connectivity index (χ4v) is 4.52. The van der Waals surface area contributed by atoms with Gasteiger partial charge in [0.2, 0.25) is 0 Å². The molecule has 0 radical (unpaired) electrons. The topological polar surface area (TPSA) is 49.6 Å². The molecule has 2 aromatic carbocycles. The highest BCUT2D eigenvalue weighted by Gasteiger charge is 2.28. The van der Waals surface area contributed by atoms with Crippen molar-refractivity contribution in [1.29, 1.82) is 0 Å². The molecule has 1 N–H and O–H groups in total. The molecule has 0 unspecified atom stereocenters. The van der Waals surface area contributed by atoms with Gasteiger partial charge in [0.05, 0.1) is 11.8 Å². The number of carbonyl (C=O) groups excluding carboxylic acids is 1. The highest BCUT2D eigenvalue weighted by molar-refractivity contribution is 5.95. The molecule has 5 heteroatoms. The molecule has 170 valence electrons. The fraction of sp³-hybridized carbons (Fsp3) is 0.286. The van der Waals surface area contributed by atoms with Gasteiger partial charge in [-0.3, -0.25) is 4.79 Å². The van der Waals surface area contributed by atoms with E-state index in [4.69, 9.17) is 0 Å². The number of fused-ring (bicyclic) bond motifs is 1. The first-order valence-corrected chi connectivity index (χ1v) is 11.3. The lowest BCUT2D eigenvalue weighted by Crippen LogP contribution is -2.42. The van der Waals surface area contributed by atoms with E-state index < -0.39 is 0 Å². The third-order valence-corrected chi connectivity index (χ3v) is 6.63. The molecular formula is C28H32N4O. The second-order valence-corrected chi connectivity index (χ2v) is 9.46. The van der Waals surface area contributed by atoms with E-state index in [1.807, 2.05) is 24.3 Å². The number of allylic oxidation sites excluding steroid dienone is 1. The molecular weight excluding hydrogens is 408 g/mol. The number of hydrazone groups is 1. The van der Waals surface area contributed by atoms with Crippen LogP contribution in [-0.2, 0) is 0 Å². The minimum Gasteiger partial charge on any atom is -0.365 e. The van der Waals surface area contributed by atoms with Crippen LogP contribution >= 0.6 is 0 Å². The summed E-state index contributed by atoms with van der Waals surface area (Å²) in [6.07, 6.45) is 4.01. The van der Waals surface area contributed by atoms with E-state index >= 15 is 0 Å². The van der Waals surface area contributed by atoms with Gasteiger partial charge in [-0.1, -0.05) is 6.08 Å². The Labute approximate surface area is 196 Å². The van der Waals surface area contributed by atoms with Crippen LogP contribution in [0.1, 0.15) is 59.2 Å². The van der Waals surface area contributed by atoms with E-state index in [9.17, 15) is 4.79 Å². The van der Waals surface area contributed by atoms with Gasteiger partial charge in [0.1, 0.15) is 0 Å². The highest BCUT2D eigenvalue weighted by Crippen LogP contribution is 2.38. The van der Waals surface area contributed by atoms with E-state index in [1.165, 1.54) is 16.8 Å². The minimum atomic E-state index is -0.230. The number of nitrogens with zero attached hydrogens (tertiary/aromatic N) is 3. The number of anilines is 1. The summed E-state index contributed by atoms with van der Waals surface area (Å²) in [4.78, 5) is 14.9. The Bertz CT molecular complexity index is 1260. The summed E-state index contributed by atoms with van der Waals surface area (Å²) in [5, 5.41) is 4.24. The van der Waals surface area contributed by atoms with Crippen molar-refractivity contribution in [2.75, 3.05) is 11.9 Å². The zero-order valence-electron chi connectivity index (χ0n) is 20.5. The predicted octanol–water partition coefficient (Wildman–Crippen LogP) is 5.80. The van der Waals surface area contributed by atoms with Crippen molar-refractivity contribution in [3.63, 3.8) is 0 Å². The summed E-state index contributed by atoms with van der Waals surface area (Å²) >= 11 is 0. The summed E-state index contributed by atoms with van der Waals surface area (Å²) in [7, 11) is 2.12. The Morgan fingerprint density at radius 3 is 2.24 bits per heavy atom. The number of rotatable bonds is 4. The van der Waals surface area contributed by atoms with Gasteiger partial charge in [0.25, 0.3) is 5.91 Å². The van der Waals surface area contributed by atoms with Gasteiger partial charge in [-0.25, -0.2) is 5.43 Å². The molecule has 0 fully saturated rings. The number of aromatic nitrogens is 1. The average molecular weight is 441 g/mol. The van der Waals surface area contributed by atoms with Crippen LogP contribution in [0.2, 0.25) is 0 Å². The largest absolute Gasteiger partial charge is 0.365 e. The van der Waals surface area contributed by atoms with Gasteiger partial charge < -0.3 is 9.47 Å². The summed E-state index contributed by atoms with van der Waals surface area (Å²) in [5.74, 6) is -0.230. The molecule has 0 spiro atoms. The van der Waals surface area contributed by atoms with Gasteiger partial charge in [0, 0.05) is 40.9 Å². The first-order valence-electron chi connectivity index (χ1n) is 11.3. The van der Waals surface area contributed by atoms with E-state index in [0.717, 1.165) is 28.2 Å². The number of aryl methyl sites for hydroxylation is 3. The van der Waals surface area contributed by atoms with E-state index in [2.05, 4.69) is 98.9 Å². The van der Waals surface area contributed by atoms with Gasteiger partial charge in [0.15, 0.2) is 0 Å². The Morgan fingerprint density at radius 1 is 0.970 bits per heavy atom. The van der Waals surface area contributed by atoms with Crippen molar-refractivity contribution < 1.29 is 4.79 Å². The van der Waals surface area contributed by atoms with Gasteiger partial charge in [-0.05, 0) is 107 Å². The smallest absolute Gasteiger partial charge is 0.271 e. The number of amides is 1. The molecule has 4 rings (SSSR count). The molecule has 1 amide bonds. The molecule has 1 aromatic heterocycles. The number of likely N-dealkylation sites (N-methyl/N-ethyl adjacent to an activating group) is 1. The third-order valence-electron chi connectivity index (χ3n) is 6.63. The van der Waals surface area contributed by atoms with Crippen molar-refractivity contribution >= 4 is 23.4 Å². The summed E-state index contributed by atoms with van der Waals surface area (Å²) in [6.45, 7) is 12.8. The molecule has 33 heavy (non-hydrogen) atoms. The molecule has 0 saturated heterocycles. The first kappa shape index (κ1) is 22.6. The molecule has 1 aliphatic heterocycles. The molecule has 1 aliphatic rings. The highest BCUT2D eigenvalue weighted by atomic mass is 16.2. The number of hydrogen-bond acceptors (Lipinski definition) is 3. The monoisotopic (exact) mass is 440 g/mol. The lowest BCUT2D eigenvalue weighted by molar-refractivity contribution is 0.0955. The molecule has 0 bridgehead atoms. The predicted molar refractivity (Wildman–Crippen MR) is 138 cm³/mol.